The summed E-state index contributed by atoms with van der Waals surface area (Å²) in [6.45, 7) is 27.4. The summed E-state index contributed by atoms with van der Waals surface area (Å²) in [5, 5.41) is 23.7. The normalized spacial score (nSPS) is 25.7. The molecule has 0 bridgehead atoms. The van der Waals surface area contributed by atoms with Gasteiger partial charge in [0.05, 0.1) is 24.3 Å². The molecule has 516 valence electrons. The lowest BCUT2D eigenvalue weighted by molar-refractivity contribution is -0.157. The first-order valence-corrected chi connectivity index (χ1v) is 32.6. The molecule has 11 amide bonds. The van der Waals surface area contributed by atoms with E-state index in [4.69, 9.17) is 16.3 Å². The smallest absolute Gasteiger partial charge is 0.246 e. The van der Waals surface area contributed by atoms with E-state index in [0.29, 0.717) is 10.8 Å². The van der Waals surface area contributed by atoms with Crippen LogP contribution in [0.5, 0.6) is 5.75 Å². The second-order valence-electron chi connectivity index (χ2n) is 27.4. The zero-order valence-corrected chi connectivity index (χ0v) is 59.5. The lowest BCUT2D eigenvalue weighted by atomic mass is 9.91. The number of aliphatic hydroxyl groups excluding tert-OH is 1. The van der Waals surface area contributed by atoms with Gasteiger partial charge in [-0.25, -0.2) is 0 Å². The molecule has 91 heavy (non-hydrogen) atoms. The van der Waals surface area contributed by atoms with Crippen molar-refractivity contribution in [2.45, 2.75) is 216 Å². The van der Waals surface area contributed by atoms with Gasteiger partial charge in [-0.1, -0.05) is 121 Å². The standard InChI is InChI=1S/C66H112ClN11O13/c1-24-46-62(86)72(17)35-52(79)73(18)47(31-36(2)3)59(83)71-53(40(10)11)65(89)74(19)48(32-37(4)5)58(82)68-43(15)57(81)69-44(16)61(85)75(20)49(33-38(6)7)63(87)76(21)50(34-39(8)9)64(88)77(22)54(41(12)13)66(90)78(23)55(60(84)70-46)56(80)42(14)29-30-91-51-28-26-25-27-45(51)67/h25-28,36-44,46-50,53-56,80H,24,29-35H2,1-23H3,(H,68,82)(H,69,81)(H,70,84)(H,71,83)/t42-,43+,44-,46+,47+,48+,49+,50+,53+,54+,55?,56-/m1/s1. The van der Waals surface area contributed by atoms with Crippen LogP contribution in [0.25, 0.3) is 0 Å². The van der Waals surface area contributed by atoms with Gasteiger partial charge in [0.25, 0.3) is 0 Å². The van der Waals surface area contributed by atoms with Crippen LogP contribution in [0.3, 0.4) is 0 Å². The van der Waals surface area contributed by atoms with Crippen molar-refractivity contribution in [3.63, 3.8) is 0 Å². The molecule has 1 saturated heterocycles. The van der Waals surface area contributed by atoms with Crippen molar-refractivity contribution in [2.24, 2.45) is 41.4 Å². The summed E-state index contributed by atoms with van der Waals surface area (Å²) in [6.07, 6.45) is -0.917. The van der Waals surface area contributed by atoms with Crippen molar-refractivity contribution in [3.8, 4) is 5.75 Å². The Bertz CT molecular complexity index is 2660. The summed E-state index contributed by atoms with van der Waals surface area (Å²) in [7, 11) is 9.84. The average molecular weight is 1300 g/mol. The van der Waals surface area contributed by atoms with Crippen LogP contribution in [0, 0.1) is 41.4 Å². The second kappa shape index (κ2) is 36.6. The van der Waals surface area contributed by atoms with E-state index in [9.17, 15) is 38.7 Å². The van der Waals surface area contributed by atoms with Gasteiger partial charge in [0.2, 0.25) is 65.0 Å². The average Bonchev–Trinajstić information content (AvgIpc) is 0.880. The number of aliphatic hydroxyl groups is 1. The third-order valence-electron chi connectivity index (χ3n) is 17.0. The lowest BCUT2D eigenvalue weighted by Crippen LogP contribution is -2.63. The highest BCUT2D eigenvalue weighted by Gasteiger charge is 2.46. The van der Waals surface area contributed by atoms with Crippen molar-refractivity contribution in [1.82, 2.24) is 55.6 Å². The Balaban J connectivity index is 2.98. The van der Waals surface area contributed by atoms with Crippen LogP contribution in [-0.2, 0) is 52.7 Å². The molecule has 1 aromatic rings. The quantitative estimate of drug-likeness (QED) is 0.145. The number of hydrogen-bond acceptors (Lipinski definition) is 13. The van der Waals surface area contributed by atoms with E-state index in [0.717, 1.165) is 9.80 Å². The van der Waals surface area contributed by atoms with Crippen LogP contribution in [0.15, 0.2) is 24.3 Å². The van der Waals surface area contributed by atoms with E-state index in [1.165, 1.54) is 87.7 Å². The molecule has 0 saturated carbocycles. The van der Waals surface area contributed by atoms with Gasteiger partial charge in [-0.15, -0.1) is 0 Å². The van der Waals surface area contributed by atoms with Gasteiger partial charge in [-0.05, 0) is 106 Å². The van der Waals surface area contributed by atoms with Crippen LogP contribution < -0.4 is 26.0 Å². The summed E-state index contributed by atoms with van der Waals surface area (Å²) in [4.78, 5) is 170. The van der Waals surface area contributed by atoms with E-state index >= 15 is 19.2 Å². The first-order chi connectivity index (χ1) is 42.1. The number of amides is 11. The van der Waals surface area contributed by atoms with Crippen LogP contribution in [0.4, 0.5) is 0 Å². The Morgan fingerprint density at radius 2 is 0.934 bits per heavy atom. The predicted molar refractivity (Wildman–Crippen MR) is 351 cm³/mol. The van der Waals surface area contributed by atoms with Gasteiger partial charge in [-0.3, -0.25) is 52.7 Å². The molecule has 0 spiro atoms. The monoisotopic (exact) mass is 1300 g/mol. The number of likely N-dealkylation sites (N-methyl/N-ethyl adjacent to an activating group) is 7. The minimum absolute atomic E-state index is 0.0117. The maximum Gasteiger partial charge on any atom is 0.246 e. The Morgan fingerprint density at radius 3 is 1.42 bits per heavy atom. The van der Waals surface area contributed by atoms with Crippen LogP contribution in [-0.4, -0.2) is 233 Å². The highest BCUT2D eigenvalue weighted by molar-refractivity contribution is 6.32. The fourth-order valence-electron chi connectivity index (χ4n) is 11.3. The number of nitrogens with one attached hydrogen (secondary N) is 4. The van der Waals surface area contributed by atoms with E-state index < -0.39 is 156 Å². The molecule has 1 fully saturated rings. The third-order valence-corrected chi connectivity index (χ3v) is 17.3. The molecule has 12 atom stereocenters. The van der Waals surface area contributed by atoms with E-state index in [1.54, 1.807) is 65.8 Å². The molecule has 0 aromatic heterocycles. The molecule has 1 heterocycles. The van der Waals surface area contributed by atoms with Gasteiger partial charge in [0, 0.05) is 49.3 Å². The molecule has 0 aliphatic carbocycles. The van der Waals surface area contributed by atoms with Gasteiger partial charge in [0.1, 0.15) is 66.2 Å². The molecule has 1 aromatic carbocycles. The number of ether oxygens (including phenoxy) is 1. The third kappa shape index (κ3) is 22.6. The zero-order chi connectivity index (χ0) is 70.0. The highest BCUT2D eigenvalue weighted by Crippen LogP contribution is 2.27. The van der Waals surface area contributed by atoms with Crippen LogP contribution >= 0.6 is 11.6 Å². The molecule has 1 unspecified atom stereocenters. The Morgan fingerprint density at radius 1 is 0.495 bits per heavy atom. The molecule has 0 radical (unpaired) electrons. The lowest BCUT2D eigenvalue weighted by Gasteiger charge is -2.41. The number of rotatable bonds is 17. The largest absolute Gasteiger partial charge is 0.492 e. The zero-order valence-electron chi connectivity index (χ0n) is 58.7. The number of nitrogens with zero attached hydrogens (tertiary/aromatic N) is 7. The maximum atomic E-state index is 15.3. The van der Waals surface area contributed by atoms with E-state index in [2.05, 4.69) is 21.3 Å². The number of benzene rings is 1. The maximum absolute atomic E-state index is 15.3. The Labute approximate surface area is 547 Å². The van der Waals surface area contributed by atoms with Crippen LogP contribution in [0.1, 0.15) is 149 Å². The van der Waals surface area contributed by atoms with Crippen molar-refractivity contribution in [1.29, 1.82) is 0 Å². The fourth-order valence-corrected chi connectivity index (χ4v) is 11.5. The molecule has 25 heteroatoms. The summed E-state index contributed by atoms with van der Waals surface area (Å²) in [5.41, 5.74) is 0. The molecule has 2 rings (SSSR count). The first kappa shape index (κ1) is 80.5. The predicted octanol–water partition coefficient (Wildman–Crippen LogP) is 4.43. The molecule has 24 nitrogen and oxygen atoms in total. The van der Waals surface area contributed by atoms with E-state index in [1.807, 2.05) is 55.4 Å². The second-order valence-corrected chi connectivity index (χ2v) is 27.8. The summed E-state index contributed by atoms with van der Waals surface area (Å²) in [6, 6.07) is -5.82. The molecular weight excluding hydrogens is 1190 g/mol. The number of carbonyl (C=O) groups is 11. The number of para-hydroxylation sites is 1. The molecule has 1 aliphatic rings. The van der Waals surface area contributed by atoms with Crippen molar-refractivity contribution >= 4 is 76.6 Å². The summed E-state index contributed by atoms with van der Waals surface area (Å²) < 4.78 is 5.95. The van der Waals surface area contributed by atoms with Gasteiger partial charge >= 0.3 is 0 Å². The van der Waals surface area contributed by atoms with Gasteiger partial charge in [-0.2, -0.15) is 0 Å². The minimum Gasteiger partial charge on any atom is -0.492 e. The topological polar surface area (TPSA) is 288 Å². The minimum atomic E-state index is -1.70. The van der Waals surface area contributed by atoms with E-state index in [-0.39, 0.29) is 68.8 Å². The molecule has 1 aliphatic heterocycles. The van der Waals surface area contributed by atoms with Crippen molar-refractivity contribution in [3.05, 3.63) is 29.3 Å². The molecular formula is C66H112ClN11O13. The van der Waals surface area contributed by atoms with Crippen molar-refractivity contribution < 1.29 is 62.6 Å². The van der Waals surface area contributed by atoms with Crippen LogP contribution in [0.2, 0.25) is 5.02 Å². The number of carbonyl (C=O) groups excluding carboxylic acids is 11. The number of hydrogen-bond donors (Lipinski definition) is 5. The van der Waals surface area contributed by atoms with Gasteiger partial charge in [0.15, 0.2) is 0 Å². The Hall–Kier alpha value is -6.56. The fraction of sp³-hybridized carbons (Fsp3) is 0.742. The number of halogens is 1. The molecule has 5 N–H and O–H groups in total. The van der Waals surface area contributed by atoms with Gasteiger partial charge < -0.3 is 65.4 Å². The SMILES string of the molecule is CC[C@@H]1NC(=O)C([C@H](O)[C@H](C)CCOc2ccccc2Cl)N(C)C(=O)[C@H](C(C)C)N(C)C(=O)[C@H](CC(C)C)N(C)C(=O)[C@H](CC(C)C)N(C)C(=O)[C@@H](C)NC(=O)[C@H](C)NC(=O)[C@H](CC(C)C)N(C)C(=O)[C@H](C(C)C)NC(=O)[C@H](CC(C)C)N(C)C(=O)CN(C)C1=O. The highest BCUT2D eigenvalue weighted by atomic mass is 35.5. The Kier molecular flexibility index (Phi) is 32.4. The van der Waals surface area contributed by atoms with Crippen molar-refractivity contribution in [2.75, 3.05) is 62.5 Å². The summed E-state index contributed by atoms with van der Waals surface area (Å²) >= 11 is 6.37. The summed E-state index contributed by atoms with van der Waals surface area (Å²) in [5.74, 6) is -9.82. The first-order valence-electron chi connectivity index (χ1n) is 32.3.